The Bertz CT molecular complexity index is 1080. The third-order valence-corrected chi connectivity index (χ3v) is 5.80. The number of fused-ring (bicyclic) bond motifs is 1. The summed E-state index contributed by atoms with van der Waals surface area (Å²) in [6.07, 6.45) is 3.96. The normalized spacial score (nSPS) is 15.7. The van der Waals surface area contributed by atoms with E-state index in [1.807, 2.05) is 25.1 Å². The van der Waals surface area contributed by atoms with E-state index >= 15 is 0 Å². The molecule has 0 atom stereocenters. The maximum atomic E-state index is 13.1. The quantitative estimate of drug-likeness (QED) is 0.626. The number of hydrogen-bond donors (Lipinski definition) is 0. The van der Waals surface area contributed by atoms with Crippen LogP contribution in [-0.2, 0) is 6.42 Å². The van der Waals surface area contributed by atoms with Crippen LogP contribution in [0.4, 0.5) is 4.39 Å². The van der Waals surface area contributed by atoms with E-state index in [1.165, 1.54) is 12.1 Å². The van der Waals surface area contributed by atoms with Crippen LogP contribution < -0.4 is 5.56 Å². The van der Waals surface area contributed by atoms with Gasteiger partial charge in [-0.05, 0) is 75.7 Å². The maximum absolute atomic E-state index is 13.1. The molecule has 1 aliphatic heterocycles. The lowest BCUT2D eigenvalue weighted by molar-refractivity contribution is 0.0841. The Morgan fingerprint density at radius 3 is 2.59 bits per heavy atom. The van der Waals surface area contributed by atoms with Gasteiger partial charge in [-0.3, -0.25) is 14.0 Å². The molecular weight excluding hydrogens is 368 g/mol. The van der Waals surface area contributed by atoms with Crippen LogP contribution in [0.5, 0.6) is 0 Å². The number of piperidine rings is 1. The molecule has 0 amide bonds. The minimum absolute atomic E-state index is 0.00512. The zero-order valence-electron chi connectivity index (χ0n) is 16.5. The Balaban J connectivity index is 1.37. The van der Waals surface area contributed by atoms with Crippen LogP contribution in [-0.4, -0.2) is 39.7 Å². The van der Waals surface area contributed by atoms with E-state index in [-0.39, 0.29) is 23.1 Å². The fourth-order valence-corrected chi connectivity index (χ4v) is 4.06. The number of pyridine rings is 1. The van der Waals surface area contributed by atoms with E-state index in [4.69, 9.17) is 0 Å². The van der Waals surface area contributed by atoms with Gasteiger partial charge in [0.25, 0.3) is 5.56 Å². The Morgan fingerprint density at radius 2 is 1.86 bits per heavy atom. The van der Waals surface area contributed by atoms with Crippen LogP contribution in [0.3, 0.4) is 0 Å². The Hall–Kier alpha value is -2.86. The van der Waals surface area contributed by atoms with Crippen molar-refractivity contribution in [3.8, 4) is 0 Å². The molecule has 6 heteroatoms. The molecule has 0 N–H and O–H groups in total. The summed E-state index contributed by atoms with van der Waals surface area (Å²) < 4.78 is 14.7. The highest BCUT2D eigenvalue weighted by molar-refractivity contribution is 5.97. The summed E-state index contributed by atoms with van der Waals surface area (Å²) in [6.45, 7) is 4.30. The van der Waals surface area contributed by atoms with E-state index in [9.17, 15) is 14.0 Å². The van der Waals surface area contributed by atoms with Crippen LogP contribution >= 0.6 is 0 Å². The number of carbonyl (C=O) groups is 1. The molecule has 1 saturated heterocycles. The lowest BCUT2D eigenvalue weighted by atomic mass is 9.89. The first-order valence-electron chi connectivity index (χ1n) is 10.0. The zero-order valence-corrected chi connectivity index (χ0v) is 16.5. The van der Waals surface area contributed by atoms with Gasteiger partial charge in [0.05, 0.1) is 0 Å². The lowest BCUT2D eigenvalue weighted by Gasteiger charge is -2.31. The molecule has 0 saturated carbocycles. The number of ketones is 1. The molecule has 4 rings (SSSR count). The molecule has 1 aromatic carbocycles. The molecule has 0 aliphatic carbocycles. The van der Waals surface area contributed by atoms with E-state index in [1.54, 1.807) is 22.7 Å². The molecule has 150 valence electrons. The fourth-order valence-electron chi connectivity index (χ4n) is 4.06. The second-order valence-electron chi connectivity index (χ2n) is 7.65. The second kappa shape index (κ2) is 8.25. The van der Waals surface area contributed by atoms with Crippen molar-refractivity contribution in [3.63, 3.8) is 0 Å². The molecule has 29 heavy (non-hydrogen) atoms. The van der Waals surface area contributed by atoms with Gasteiger partial charge in [0, 0.05) is 35.5 Å². The van der Waals surface area contributed by atoms with Crippen LogP contribution in [0.15, 0.2) is 53.5 Å². The van der Waals surface area contributed by atoms with Gasteiger partial charge >= 0.3 is 0 Å². The number of benzene rings is 1. The van der Waals surface area contributed by atoms with Crippen LogP contribution in [0.25, 0.3) is 5.65 Å². The fraction of sp³-hybridized carbons (Fsp3) is 0.348. The highest BCUT2D eigenvalue weighted by Gasteiger charge is 2.26. The Morgan fingerprint density at radius 1 is 1.14 bits per heavy atom. The number of nitrogens with zero attached hydrogens (tertiary/aromatic N) is 3. The average Bonchev–Trinajstić information content (AvgIpc) is 2.74. The molecule has 0 radical (unpaired) electrons. The molecule has 1 fully saturated rings. The van der Waals surface area contributed by atoms with E-state index in [0.717, 1.165) is 43.7 Å². The van der Waals surface area contributed by atoms with Crippen molar-refractivity contribution in [2.75, 3.05) is 19.6 Å². The summed E-state index contributed by atoms with van der Waals surface area (Å²) in [5, 5.41) is 0. The first-order chi connectivity index (χ1) is 14.0. The molecule has 0 bridgehead atoms. The van der Waals surface area contributed by atoms with Gasteiger partial charge in [0.15, 0.2) is 5.78 Å². The van der Waals surface area contributed by atoms with Gasteiger partial charge in [0.2, 0.25) is 0 Å². The summed E-state index contributed by atoms with van der Waals surface area (Å²) in [5.74, 6) is -0.255. The third kappa shape index (κ3) is 4.12. The average molecular weight is 392 g/mol. The van der Waals surface area contributed by atoms with Crippen LogP contribution in [0, 0.1) is 18.7 Å². The molecule has 0 spiro atoms. The van der Waals surface area contributed by atoms with E-state index in [0.29, 0.717) is 17.6 Å². The largest absolute Gasteiger partial charge is 0.303 e. The van der Waals surface area contributed by atoms with Crippen molar-refractivity contribution in [1.82, 2.24) is 14.3 Å². The summed E-state index contributed by atoms with van der Waals surface area (Å²) in [6, 6.07) is 11.3. The number of carbonyl (C=O) groups excluding carboxylic acids is 1. The van der Waals surface area contributed by atoms with Crippen molar-refractivity contribution in [2.24, 2.45) is 5.92 Å². The number of hydrogen-bond acceptors (Lipinski definition) is 4. The molecular formula is C23H24FN3O2. The molecule has 3 aromatic rings. The summed E-state index contributed by atoms with van der Waals surface area (Å²) in [5.41, 5.74) is 2.77. The monoisotopic (exact) mass is 392 g/mol. The lowest BCUT2D eigenvalue weighted by Crippen LogP contribution is -2.38. The highest BCUT2D eigenvalue weighted by atomic mass is 18.2. The predicted octanol–water partition coefficient (Wildman–Crippen LogP) is 3.28. The number of halogens is 1. The second-order valence-corrected chi connectivity index (χ2v) is 7.65. The van der Waals surface area contributed by atoms with Gasteiger partial charge in [-0.15, -0.1) is 0 Å². The number of aryl methyl sites for hydroxylation is 1. The molecule has 5 nitrogen and oxygen atoms in total. The van der Waals surface area contributed by atoms with Crippen LogP contribution in [0.1, 0.15) is 34.5 Å². The smallest absolute Gasteiger partial charge is 0.261 e. The minimum atomic E-state index is -0.328. The summed E-state index contributed by atoms with van der Waals surface area (Å²) >= 11 is 0. The van der Waals surface area contributed by atoms with Crippen molar-refractivity contribution < 1.29 is 9.18 Å². The first-order valence-corrected chi connectivity index (χ1v) is 10.0. The van der Waals surface area contributed by atoms with Crippen molar-refractivity contribution in [2.45, 2.75) is 26.2 Å². The van der Waals surface area contributed by atoms with Gasteiger partial charge < -0.3 is 4.90 Å². The Kier molecular flexibility index (Phi) is 5.53. The zero-order chi connectivity index (χ0) is 20.4. The molecule has 1 aliphatic rings. The highest BCUT2D eigenvalue weighted by Crippen LogP contribution is 2.22. The topological polar surface area (TPSA) is 54.7 Å². The van der Waals surface area contributed by atoms with E-state index < -0.39 is 0 Å². The number of aromatic nitrogens is 2. The van der Waals surface area contributed by atoms with Gasteiger partial charge in [0.1, 0.15) is 11.5 Å². The van der Waals surface area contributed by atoms with Crippen molar-refractivity contribution >= 4 is 11.4 Å². The summed E-state index contributed by atoms with van der Waals surface area (Å²) in [4.78, 5) is 32.2. The number of Topliss-reactive ketones (excluding diaryl/α,β-unsaturated/α-hetero) is 1. The molecule has 2 aromatic heterocycles. The maximum Gasteiger partial charge on any atom is 0.261 e. The van der Waals surface area contributed by atoms with Gasteiger partial charge in [-0.2, -0.15) is 0 Å². The predicted molar refractivity (Wildman–Crippen MR) is 110 cm³/mol. The van der Waals surface area contributed by atoms with Gasteiger partial charge in [-0.25, -0.2) is 9.37 Å². The number of likely N-dealkylation sites (tertiary alicyclic amines) is 1. The molecule has 3 heterocycles. The minimum Gasteiger partial charge on any atom is -0.303 e. The van der Waals surface area contributed by atoms with Gasteiger partial charge in [-0.1, -0.05) is 6.07 Å². The van der Waals surface area contributed by atoms with E-state index in [2.05, 4.69) is 9.88 Å². The summed E-state index contributed by atoms with van der Waals surface area (Å²) in [7, 11) is 0. The van der Waals surface area contributed by atoms with Crippen molar-refractivity contribution in [3.05, 3.63) is 81.7 Å². The SMILES string of the molecule is Cc1nc2ccccn2c(=O)c1CCN1CCC(C(=O)c2ccc([18F])cc2)CC1. The molecule has 0 unspecified atom stereocenters. The third-order valence-electron chi connectivity index (χ3n) is 5.80. The van der Waals surface area contributed by atoms with Crippen molar-refractivity contribution in [1.29, 1.82) is 0 Å². The standard InChI is InChI=1S/C23H24FN3O2/c1-16-20(23(29)27-12-3-2-4-21(27)25-16)11-15-26-13-9-18(10-14-26)22(28)17-5-7-19(24)8-6-17/h2-8,12,18H,9-11,13-15H2,1H3/i24-1. The van der Waals surface area contributed by atoms with Crippen LogP contribution in [0.2, 0.25) is 0 Å². The first kappa shape index (κ1) is 19.5. The number of rotatable bonds is 5. The Labute approximate surface area is 168 Å².